The van der Waals surface area contributed by atoms with Crippen molar-refractivity contribution in [3.63, 3.8) is 0 Å². The molecule has 5 nitrogen and oxygen atoms in total. The molecule has 1 aliphatic heterocycles. The summed E-state index contributed by atoms with van der Waals surface area (Å²) in [6, 6.07) is 18.1. The average molecular weight is 415 g/mol. The smallest absolute Gasteiger partial charge is 0.399 e. The molecular formula is C25H30BN3O2. The van der Waals surface area contributed by atoms with Gasteiger partial charge in [-0.15, -0.1) is 0 Å². The van der Waals surface area contributed by atoms with Gasteiger partial charge >= 0.3 is 7.12 Å². The molecule has 0 saturated carbocycles. The SMILES string of the molecule is CC(C)(C)c1nc(-c2ccccc2)nc(-c2ccc(B3OC(C)(C)C(C)(C)O3)cc2)n1. The van der Waals surface area contributed by atoms with Crippen molar-refractivity contribution in [3.05, 3.63) is 60.4 Å². The van der Waals surface area contributed by atoms with Crippen LogP contribution >= 0.6 is 0 Å². The van der Waals surface area contributed by atoms with E-state index in [1.54, 1.807) is 0 Å². The lowest BCUT2D eigenvalue weighted by molar-refractivity contribution is 0.00578. The summed E-state index contributed by atoms with van der Waals surface area (Å²) in [6.45, 7) is 14.6. The van der Waals surface area contributed by atoms with E-state index in [1.807, 2.05) is 54.6 Å². The second-order valence-electron chi connectivity index (χ2n) is 10.1. The van der Waals surface area contributed by atoms with Crippen molar-refractivity contribution in [1.82, 2.24) is 15.0 Å². The molecule has 160 valence electrons. The molecule has 0 N–H and O–H groups in total. The van der Waals surface area contributed by atoms with Crippen LogP contribution in [0.2, 0.25) is 0 Å². The Morgan fingerprint density at radius 2 is 1.16 bits per heavy atom. The molecule has 1 saturated heterocycles. The third-order valence-corrected chi connectivity index (χ3v) is 6.03. The molecule has 0 spiro atoms. The predicted molar refractivity (Wildman–Crippen MR) is 125 cm³/mol. The van der Waals surface area contributed by atoms with Gasteiger partial charge in [-0.1, -0.05) is 75.4 Å². The van der Waals surface area contributed by atoms with Crippen LogP contribution in [0.4, 0.5) is 0 Å². The van der Waals surface area contributed by atoms with Crippen LogP contribution in [0.1, 0.15) is 54.3 Å². The Morgan fingerprint density at radius 3 is 1.65 bits per heavy atom. The number of benzene rings is 2. The Morgan fingerprint density at radius 1 is 0.677 bits per heavy atom. The maximum atomic E-state index is 6.17. The molecule has 0 bridgehead atoms. The maximum Gasteiger partial charge on any atom is 0.494 e. The molecular weight excluding hydrogens is 385 g/mol. The fraction of sp³-hybridized carbons (Fsp3) is 0.400. The van der Waals surface area contributed by atoms with Crippen LogP contribution in [0, 0.1) is 0 Å². The van der Waals surface area contributed by atoms with E-state index in [0.717, 1.165) is 22.4 Å². The molecule has 2 heterocycles. The van der Waals surface area contributed by atoms with Gasteiger partial charge in [-0.25, -0.2) is 15.0 Å². The van der Waals surface area contributed by atoms with Crippen LogP contribution in [0.5, 0.6) is 0 Å². The molecule has 0 aliphatic carbocycles. The van der Waals surface area contributed by atoms with Gasteiger partial charge in [0.05, 0.1) is 11.2 Å². The zero-order valence-corrected chi connectivity index (χ0v) is 19.4. The summed E-state index contributed by atoms with van der Waals surface area (Å²) in [7, 11) is -0.387. The van der Waals surface area contributed by atoms with Gasteiger partial charge in [-0.3, -0.25) is 0 Å². The van der Waals surface area contributed by atoms with Crippen LogP contribution in [0.25, 0.3) is 22.8 Å². The van der Waals surface area contributed by atoms with Crippen molar-refractivity contribution in [2.75, 3.05) is 0 Å². The second-order valence-corrected chi connectivity index (χ2v) is 10.1. The number of nitrogens with zero attached hydrogens (tertiary/aromatic N) is 3. The number of hydrogen-bond donors (Lipinski definition) is 0. The fourth-order valence-electron chi connectivity index (χ4n) is 3.33. The summed E-state index contributed by atoms with van der Waals surface area (Å²) < 4.78 is 12.3. The Labute approximate surface area is 185 Å². The summed E-state index contributed by atoms with van der Waals surface area (Å²) in [5, 5.41) is 0. The van der Waals surface area contributed by atoms with E-state index < -0.39 is 0 Å². The first-order valence-electron chi connectivity index (χ1n) is 10.7. The van der Waals surface area contributed by atoms with E-state index in [1.165, 1.54) is 0 Å². The van der Waals surface area contributed by atoms with Crippen LogP contribution < -0.4 is 5.46 Å². The molecule has 1 fully saturated rings. The van der Waals surface area contributed by atoms with Crippen molar-refractivity contribution in [3.8, 4) is 22.8 Å². The minimum atomic E-state index is -0.387. The number of hydrogen-bond acceptors (Lipinski definition) is 5. The van der Waals surface area contributed by atoms with Crippen molar-refractivity contribution in [1.29, 1.82) is 0 Å². The topological polar surface area (TPSA) is 57.1 Å². The molecule has 2 aromatic carbocycles. The molecule has 31 heavy (non-hydrogen) atoms. The van der Waals surface area contributed by atoms with Gasteiger partial charge in [-0.2, -0.15) is 0 Å². The Kier molecular flexibility index (Phi) is 5.27. The first-order chi connectivity index (χ1) is 14.5. The minimum absolute atomic E-state index is 0.191. The van der Waals surface area contributed by atoms with Gasteiger partial charge in [0.1, 0.15) is 5.82 Å². The highest BCUT2D eigenvalue weighted by Crippen LogP contribution is 2.36. The van der Waals surface area contributed by atoms with Crippen LogP contribution in [-0.2, 0) is 14.7 Å². The minimum Gasteiger partial charge on any atom is -0.399 e. The van der Waals surface area contributed by atoms with Crippen LogP contribution in [0.3, 0.4) is 0 Å². The number of rotatable bonds is 3. The molecule has 1 aliphatic rings. The normalized spacial score (nSPS) is 17.7. The summed E-state index contributed by atoms with van der Waals surface area (Å²) in [6.07, 6.45) is 0. The Hall–Kier alpha value is -2.57. The second kappa shape index (κ2) is 7.54. The van der Waals surface area contributed by atoms with Gasteiger partial charge < -0.3 is 9.31 Å². The summed E-state index contributed by atoms with van der Waals surface area (Å²) >= 11 is 0. The van der Waals surface area contributed by atoms with Gasteiger partial charge in [0.15, 0.2) is 11.6 Å². The largest absolute Gasteiger partial charge is 0.494 e. The maximum absolute atomic E-state index is 6.17. The predicted octanol–water partition coefficient (Wildman–Crippen LogP) is 4.80. The molecule has 3 aromatic rings. The fourth-order valence-corrected chi connectivity index (χ4v) is 3.33. The molecule has 0 atom stereocenters. The highest BCUT2D eigenvalue weighted by molar-refractivity contribution is 6.62. The lowest BCUT2D eigenvalue weighted by Gasteiger charge is -2.32. The summed E-state index contributed by atoms with van der Waals surface area (Å²) in [4.78, 5) is 14.3. The lowest BCUT2D eigenvalue weighted by Crippen LogP contribution is -2.41. The monoisotopic (exact) mass is 415 g/mol. The molecule has 6 heteroatoms. The van der Waals surface area contributed by atoms with E-state index in [-0.39, 0.29) is 23.7 Å². The number of aromatic nitrogens is 3. The zero-order valence-electron chi connectivity index (χ0n) is 19.4. The van der Waals surface area contributed by atoms with E-state index in [2.05, 4.69) is 48.5 Å². The van der Waals surface area contributed by atoms with Crippen LogP contribution in [0.15, 0.2) is 54.6 Å². The Balaban J connectivity index is 1.70. The first kappa shape index (κ1) is 21.7. The standard InChI is InChI=1S/C25H30BN3O2/c1-23(2,3)22-28-20(17-11-9-8-10-12-17)27-21(29-22)18-13-15-19(16-14-18)26-30-24(4,5)25(6,7)31-26/h8-16H,1-7H3. The van der Waals surface area contributed by atoms with Crippen molar-refractivity contribution in [2.24, 2.45) is 0 Å². The van der Waals surface area contributed by atoms with E-state index >= 15 is 0 Å². The van der Waals surface area contributed by atoms with E-state index in [4.69, 9.17) is 24.3 Å². The van der Waals surface area contributed by atoms with Crippen molar-refractivity contribution in [2.45, 2.75) is 65.1 Å². The third kappa shape index (κ3) is 4.27. The zero-order chi connectivity index (χ0) is 22.4. The lowest BCUT2D eigenvalue weighted by atomic mass is 9.79. The molecule has 0 amide bonds. The Bertz CT molecular complexity index is 1060. The summed E-state index contributed by atoms with van der Waals surface area (Å²) in [5.41, 5.74) is 1.98. The first-order valence-corrected chi connectivity index (χ1v) is 10.7. The highest BCUT2D eigenvalue weighted by atomic mass is 16.7. The molecule has 0 unspecified atom stereocenters. The van der Waals surface area contributed by atoms with Gasteiger partial charge in [0.2, 0.25) is 0 Å². The highest BCUT2D eigenvalue weighted by Gasteiger charge is 2.51. The molecule has 4 rings (SSSR count). The average Bonchev–Trinajstić information content (AvgIpc) is 2.95. The van der Waals surface area contributed by atoms with Gasteiger partial charge in [-0.05, 0) is 33.2 Å². The van der Waals surface area contributed by atoms with Crippen molar-refractivity contribution >= 4 is 12.6 Å². The molecule has 1 aromatic heterocycles. The van der Waals surface area contributed by atoms with E-state index in [9.17, 15) is 0 Å². The molecule has 0 radical (unpaired) electrons. The van der Waals surface area contributed by atoms with Crippen molar-refractivity contribution < 1.29 is 9.31 Å². The van der Waals surface area contributed by atoms with Gasteiger partial charge in [0, 0.05) is 16.5 Å². The quantitative estimate of drug-likeness (QED) is 0.575. The summed E-state index contributed by atoms with van der Waals surface area (Å²) in [5.74, 6) is 2.12. The van der Waals surface area contributed by atoms with Crippen LogP contribution in [-0.4, -0.2) is 33.3 Å². The third-order valence-electron chi connectivity index (χ3n) is 6.03. The van der Waals surface area contributed by atoms with E-state index in [0.29, 0.717) is 11.6 Å². The van der Waals surface area contributed by atoms with Gasteiger partial charge in [0.25, 0.3) is 0 Å².